The number of rotatable bonds is 3. The van der Waals surface area contributed by atoms with Gasteiger partial charge in [0.1, 0.15) is 11.6 Å². The average molecular weight is 314 g/mol. The molecule has 0 radical (unpaired) electrons. The Morgan fingerprint density at radius 1 is 0.750 bits per heavy atom. The fourth-order valence-electron chi connectivity index (χ4n) is 2.75. The standard InChI is InChI=1S/C20H17N4/c1-4-10-17(11-5-1)21-20-22-24(19-14-8-3-9-15-19)16-23(20)18-12-6-2-7-13-18/h1-15H,16H2/q-1/p+1. The molecule has 3 aromatic carbocycles. The van der Waals surface area contributed by atoms with Gasteiger partial charge in [0.15, 0.2) is 6.67 Å². The lowest BCUT2D eigenvalue weighted by Gasteiger charge is -2.21. The van der Waals surface area contributed by atoms with E-state index in [2.05, 4.69) is 24.3 Å². The molecule has 1 unspecified atom stereocenters. The van der Waals surface area contributed by atoms with E-state index in [4.69, 9.17) is 10.4 Å². The molecule has 1 aliphatic heterocycles. The second-order valence-corrected chi connectivity index (χ2v) is 5.61. The van der Waals surface area contributed by atoms with Crippen LogP contribution in [-0.4, -0.2) is 12.6 Å². The zero-order valence-corrected chi connectivity index (χ0v) is 13.2. The summed E-state index contributed by atoms with van der Waals surface area (Å²) in [7, 11) is 0. The number of nitrogens with one attached hydrogen (secondary N) is 1. The van der Waals surface area contributed by atoms with Gasteiger partial charge in [0.25, 0.3) is 0 Å². The summed E-state index contributed by atoms with van der Waals surface area (Å²) in [5.41, 5.74) is 3.15. The van der Waals surface area contributed by atoms with Gasteiger partial charge >= 0.3 is 0 Å². The number of nitrogens with zero attached hydrogens (tertiary/aromatic N) is 3. The summed E-state index contributed by atoms with van der Waals surface area (Å²) in [4.78, 5) is 1.14. The van der Waals surface area contributed by atoms with Gasteiger partial charge in [0, 0.05) is 5.69 Å². The van der Waals surface area contributed by atoms with Gasteiger partial charge < -0.3 is 15.4 Å². The Labute approximate surface area is 141 Å². The van der Waals surface area contributed by atoms with Crippen molar-refractivity contribution in [1.29, 1.82) is 0 Å². The number of hydrazone groups is 1. The van der Waals surface area contributed by atoms with Gasteiger partial charge in [0.05, 0.1) is 0 Å². The van der Waals surface area contributed by atoms with Crippen molar-refractivity contribution < 1.29 is 4.90 Å². The molecule has 0 amide bonds. The molecule has 0 aromatic heterocycles. The maximum Gasteiger partial charge on any atom is 0.164 e. The smallest absolute Gasteiger partial charge is 0.164 e. The van der Waals surface area contributed by atoms with Crippen LogP contribution in [0.25, 0.3) is 5.32 Å². The maximum absolute atomic E-state index is 4.76. The van der Waals surface area contributed by atoms with Crippen LogP contribution in [0.3, 0.4) is 0 Å². The molecular formula is C20H18N4. The fraction of sp³-hybridized carbons (Fsp3) is 0.0500. The van der Waals surface area contributed by atoms with Crippen molar-refractivity contribution >= 4 is 23.0 Å². The quantitative estimate of drug-likeness (QED) is 0.786. The molecule has 4 rings (SSSR count). The maximum atomic E-state index is 4.76. The highest BCUT2D eigenvalue weighted by Gasteiger charge is 2.23. The van der Waals surface area contributed by atoms with Gasteiger partial charge in [-0.15, -0.1) is 0 Å². The van der Waals surface area contributed by atoms with Gasteiger partial charge in [-0.1, -0.05) is 66.7 Å². The Balaban J connectivity index is 1.67. The van der Waals surface area contributed by atoms with E-state index in [0.717, 1.165) is 34.6 Å². The summed E-state index contributed by atoms with van der Waals surface area (Å²) >= 11 is 0. The summed E-state index contributed by atoms with van der Waals surface area (Å²) < 4.78 is 0. The lowest BCUT2D eigenvalue weighted by Crippen LogP contribution is -3.09. The van der Waals surface area contributed by atoms with Crippen molar-refractivity contribution in [2.45, 2.75) is 0 Å². The number of quaternary nitrogens is 1. The highest BCUT2D eigenvalue weighted by atomic mass is 15.6. The molecule has 1 N–H and O–H groups in total. The molecule has 1 atom stereocenters. The van der Waals surface area contributed by atoms with Crippen molar-refractivity contribution in [3.8, 4) is 0 Å². The van der Waals surface area contributed by atoms with Crippen LogP contribution in [0.15, 0.2) is 96.1 Å². The van der Waals surface area contributed by atoms with Crippen LogP contribution < -0.4 is 9.91 Å². The van der Waals surface area contributed by atoms with Gasteiger partial charge in [0.2, 0.25) is 0 Å². The van der Waals surface area contributed by atoms with Crippen LogP contribution >= 0.6 is 0 Å². The van der Waals surface area contributed by atoms with E-state index in [9.17, 15) is 0 Å². The summed E-state index contributed by atoms with van der Waals surface area (Å²) in [6, 6.07) is 30.5. The zero-order valence-electron chi connectivity index (χ0n) is 13.2. The number of guanidine groups is 1. The van der Waals surface area contributed by atoms with Crippen LogP contribution in [0.4, 0.5) is 17.1 Å². The van der Waals surface area contributed by atoms with Gasteiger partial charge in [-0.05, 0) is 30.0 Å². The molecule has 0 fully saturated rings. The number of hydrogen-bond acceptors (Lipinski definition) is 2. The first-order chi connectivity index (χ1) is 11.9. The Morgan fingerprint density at radius 3 is 2.00 bits per heavy atom. The van der Waals surface area contributed by atoms with Crippen LogP contribution in [-0.2, 0) is 0 Å². The van der Waals surface area contributed by atoms with Crippen molar-refractivity contribution in [2.24, 2.45) is 5.10 Å². The van der Waals surface area contributed by atoms with E-state index in [1.165, 1.54) is 0 Å². The van der Waals surface area contributed by atoms with E-state index < -0.39 is 0 Å². The molecule has 0 bridgehead atoms. The third-order valence-electron chi connectivity index (χ3n) is 3.96. The molecule has 3 aromatic rings. The molecule has 1 aliphatic rings. The summed E-state index contributed by atoms with van der Waals surface area (Å²) in [5, 5.41) is 11.5. The largest absolute Gasteiger partial charge is 0.386 e. The monoisotopic (exact) mass is 314 g/mol. The first-order valence-corrected chi connectivity index (χ1v) is 8.00. The lowest BCUT2D eigenvalue weighted by atomic mass is 10.3. The van der Waals surface area contributed by atoms with Crippen molar-refractivity contribution in [3.05, 3.63) is 96.3 Å². The summed E-state index contributed by atoms with van der Waals surface area (Å²) in [5.74, 6) is 0.774. The Bertz CT molecular complexity index is 816. The third-order valence-corrected chi connectivity index (χ3v) is 3.96. The van der Waals surface area contributed by atoms with Crippen molar-refractivity contribution in [1.82, 2.24) is 0 Å². The highest BCUT2D eigenvalue weighted by Crippen LogP contribution is 2.21. The molecule has 1 heterocycles. The lowest BCUT2D eigenvalue weighted by molar-refractivity contribution is -0.723. The van der Waals surface area contributed by atoms with Crippen LogP contribution in [0.5, 0.6) is 0 Å². The minimum atomic E-state index is 0.722. The van der Waals surface area contributed by atoms with Gasteiger partial charge in [-0.25, -0.2) is 0 Å². The van der Waals surface area contributed by atoms with E-state index in [1.54, 1.807) is 0 Å². The SMILES string of the molecule is c1ccc([N-]C2=NN(c3ccccc3)C[NH+]2c2ccccc2)cc1. The molecule has 0 saturated carbocycles. The highest BCUT2D eigenvalue weighted by molar-refractivity contribution is 5.95. The average Bonchev–Trinajstić information content (AvgIpc) is 3.08. The molecule has 0 saturated heterocycles. The Hall–Kier alpha value is -3.11. The first-order valence-electron chi connectivity index (χ1n) is 8.00. The van der Waals surface area contributed by atoms with E-state index >= 15 is 0 Å². The number of hydrogen-bond donors (Lipinski definition) is 1. The predicted octanol–water partition coefficient (Wildman–Crippen LogP) is 3.66. The third kappa shape index (κ3) is 3.00. The fourth-order valence-corrected chi connectivity index (χ4v) is 2.75. The van der Waals surface area contributed by atoms with E-state index in [1.807, 2.05) is 71.7 Å². The Kier molecular flexibility index (Phi) is 3.96. The minimum absolute atomic E-state index is 0.722. The molecule has 24 heavy (non-hydrogen) atoms. The molecule has 118 valence electrons. The number of anilines is 1. The van der Waals surface area contributed by atoms with Crippen molar-refractivity contribution in [2.75, 3.05) is 11.7 Å². The predicted molar refractivity (Wildman–Crippen MR) is 97.7 cm³/mol. The van der Waals surface area contributed by atoms with Crippen LogP contribution in [0.2, 0.25) is 0 Å². The first kappa shape index (κ1) is 14.5. The zero-order chi connectivity index (χ0) is 16.2. The normalized spacial score (nSPS) is 16.8. The number of para-hydroxylation sites is 3. The molecule has 0 spiro atoms. The van der Waals surface area contributed by atoms with E-state index in [0.29, 0.717) is 0 Å². The Morgan fingerprint density at radius 2 is 1.33 bits per heavy atom. The second-order valence-electron chi connectivity index (χ2n) is 5.61. The molecule has 4 nitrogen and oxygen atoms in total. The van der Waals surface area contributed by atoms with Gasteiger partial charge in [-0.3, -0.25) is 4.90 Å². The number of benzene rings is 3. The minimum Gasteiger partial charge on any atom is -0.386 e. The van der Waals surface area contributed by atoms with Crippen LogP contribution in [0, 0.1) is 0 Å². The summed E-state index contributed by atoms with van der Waals surface area (Å²) in [6.07, 6.45) is 0. The van der Waals surface area contributed by atoms with Crippen molar-refractivity contribution in [3.63, 3.8) is 0 Å². The topological polar surface area (TPSA) is 34.1 Å². The summed E-state index contributed by atoms with van der Waals surface area (Å²) in [6.45, 7) is 0.722. The second kappa shape index (κ2) is 6.56. The van der Waals surface area contributed by atoms with E-state index in [-0.39, 0.29) is 0 Å². The van der Waals surface area contributed by atoms with Crippen LogP contribution in [0.1, 0.15) is 0 Å². The molecule has 0 aliphatic carbocycles. The molecular weight excluding hydrogens is 296 g/mol. The van der Waals surface area contributed by atoms with Gasteiger partial charge in [-0.2, -0.15) is 0 Å². The molecule has 4 heteroatoms.